The van der Waals surface area contributed by atoms with Gasteiger partial charge in [0.25, 0.3) is 0 Å². The number of benzene rings is 1. The van der Waals surface area contributed by atoms with Gasteiger partial charge >= 0.3 is 6.03 Å². The lowest BCUT2D eigenvalue weighted by Gasteiger charge is -2.11. The molecule has 134 valence electrons. The van der Waals surface area contributed by atoms with Gasteiger partial charge in [-0.3, -0.25) is 5.32 Å². The number of hydrogen-bond donors (Lipinski definition) is 2. The van der Waals surface area contributed by atoms with Gasteiger partial charge in [0, 0.05) is 30.8 Å². The summed E-state index contributed by atoms with van der Waals surface area (Å²) in [5, 5.41) is 10.7. The second-order valence-electron chi connectivity index (χ2n) is 6.26. The molecule has 3 rings (SSSR count). The summed E-state index contributed by atoms with van der Waals surface area (Å²) < 4.78 is 7.09. The second kappa shape index (κ2) is 8.87. The Kier molecular flexibility index (Phi) is 6.30. The molecule has 7 heteroatoms. The van der Waals surface area contributed by atoms with Crippen molar-refractivity contribution >= 4 is 23.4 Å². The summed E-state index contributed by atoms with van der Waals surface area (Å²) in [5.74, 6) is 1.30. The highest BCUT2D eigenvalue weighted by Gasteiger charge is 2.15. The first-order valence-corrected chi connectivity index (χ1v) is 8.97. The van der Waals surface area contributed by atoms with Gasteiger partial charge in [-0.2, -0.15) is 5.10 Å². The molecule has 2 aromatic rings. The standard InChI is InChI=1S/C18H23ClN4O2/c19-16-5-1-3-15(11-16)12-23-17(6-9-21-23)22-18(24)20-8-2-4-14-7-10-25-13-14/h1,3,5-6,9,11,14H,2,4,7-8,10,12-13H2,(H2,20,22,24)/t14-/m1/s1. The van der Waals surface area contributed by atoms with E-state index >= 15 is 0 Å². The van der Waals surface area contributed by atoms with E-state index < -0.39 is 0 Å². The molecule has 1 saturated heterocycles. The molecule has 1 aromatic carbocycles. The third kappa shape index (κ3) is 5.47. The van der Waals surface area contributed by atoms with Gasteiger partial charge < -0.3 is 10.1 Å². The van der Waals surface area contributed by atoms with Crippen LogP contribution in [0.2, 0.25) is 5.02 Å². The minimum absolute atomic E-state index is 0.212. The van der Waals surface area contributed by atoms with E-state index in [4.69, 9.17) is 16.3 Å². The predicted octanol–water partition coefficient (Wildman–Crippen LogP) is 3.52. The van der Waals surface area contributed by atoms with Gasteiger partial charge in [0.2, 0.25) is 0 Å². The van der Waals surface area contributed by atoms with Gasteiger partial charge in [-0.1, -0.05) is 23.7 Å². The topological polar surface area (TPSA) is 68.2 Å². The van der Waals surface area contributed by atoms with Gasteiger partial charge in [-0.05, 0) is 42.9 Å². The van der Waals surface area contributed by atoms with E-state index in [2.05, 4.69) is 15.7 Å². The zero-order valence-electron chi connectivity index (χ0n) is 14.1. The fourth-order valence-electron chi connectivity index (χ4n) is 2.94. The second-order valence-corrected chi connectivity index (χ2v) is 6.69. The van der Waals surface area contributed by atoms with Crippen LogP contribution in [-0.2, 0) is 11.3 Å². The summed E-state index contributed by atoms with van der Waals surface area (Å²) in [7, 11) is 0. The van der Waals surface area contributed by atoms with E-state index in [1.54, 1.807) is 16.9 Å². The minimum Gasteiger partial charge on any atom is -0.381 e. The molecule has 0 saturated carbocycles. The van der Waals surface area contributed by atoms with E-state index in [1.807, 2.05) is 24.3 Å². The minimum atomic E-state index is -0.212. The molecule has 0 aliphatic carbocycles. The van der Waals surface area contributed by atoms with Crippen LogP contribution in [0.3, 0.4) is 0 Å². The van der Waals surface area contributed by atoms with Gasteiger partial charge in [0.05, 0.1) is 12.7 Å². The molecule has 2 heterocycles. The average molecular weight is 363 g/mol. The van der Waals surface area contributed by atoms with Crippen molar-refractivity contribution in [1.29, 1.82) is 0 Å². The number of amides is 2. The third-order valence-electron chi connectivity index (χ3n) is 4.28. The molecular formula is C18H23ClN4O2. The molecule has 1 aliphatic heterocycles. The zero-order chi connectivity index (χ0) is 17.5. The Balaban J connectivity index is 1.44. The molecule has 6 nitrogen and oxygen atoms in total. The van der Waals surface area contributed by atoms with Crippen molar-refractivity contribution in [3.63, 3.8) is 0 Å². The van der Waals surface area contributed by atoms with Crippen LogP contribution < -0.4 is 10.6 Å². The van der Waals surface area contributed by atoms with Crippen LogP contribution in [0.4, 0.5) is 10.6 Å². The maximum Gasteiger partial charge on any atom is 0.320 e. The Morgan fingerprint density at radius 1 is 1.40 bits per heavy atom. The van der Waals surface area contributed by atoms with Crippen LogP contribution in [0.25, 0.3) is 0 Å². The van der Waals surface area contributed by atoms with Gasteiger partial charge in [0.15, 0.2) is 0 Å². The number of carbonyl (C=O) groups is 1. The summed E-state index contributed by atoms with van der Waals surface area (Å²) in [5.41, 5.74) is 1.03. The molecule has 2 N–H and O–H groups in total. The zero-order valence-corrected chi connectivity index (χ0v) is 14.8. The molecule has 2 amide bonds. The van der Waals surface area contributed by atoms with E-state index in [-0.39, 0.29) is 6.03 Å². The highest BCUT2D eigenvalue weighted by molar-refractivity contribution is 6.30. The Morgan fingerprint density at radius 3 is 3.12 bits per heavy atom. The van der Waals surface area contributed by atoms with Gasteiger partial charge in [0.1, 0.15) is 5.82 Å². The average Bonchev–Trinajstić information content (AvgIpc) is 3.24. The molecule has 0 bridgehead atoms. The quantitative estimate of drug-likeness (QED) is 0.740. The lowest BCUT2D eigenvalue weighted by atomic mass is 10.0. The summed E-state index contributed by atoms with van der Waals surface area (Å²) in [6.45, 7) is 2.93. The largest absolute Gasteiger partial charge is 0.381 e. The van der Waals surface area contributed by atoms with E-state index in [0.717, 1.165) is 38.0 Å². The number of anilines is 1. The maximum atomic E-state index is 12.1. The van der Waals surface area contributed by atoms with Crippen molar-refractivity contribution in [1.82, 2.24) is 15.1 Å². The number of halogens is 1. The van der Waals surface area contributed by atoms with Crippen molar-refractivity contribution in [2.45, 2.75) is 25.8 Å². The summed E-state index contributed by atoms with van der Waals surface area (Å²) in [6, 6.07) is 9.16. The van der Waals surface area contributed by atoms with Crippen molar-refractivity contribution in [3.05, 3.63) is 47.1 Å². The fourth-order valence-corrected chi connectivity index (χ4v) is 3.15. The smallest absolute Gasteiger partial charge is 0.320 e. The molecule has 1 aliphatic rings. The number of nitrogens with one attached hydrogen (secondary N) is 2. The molecule has 0 radical (unpaired) electrons. The molecule has 0 spiro atoms. The van der Waals surface area contributed by atoms with E-state index in [1.165, 1.54) is 0 Å². The number of ether oxygens (including phenoxy) is 1. The number of aromatic nitrogens is 2. The van der Waals surface area contributed by atoms with E-state index in [0.29, 0.717) is 29.8 Å². The summed E-state index contributed by atoms with van der Waals surface area (Å²) in [4.78, 5) is 12.1. The number of nitrogens with zero attached hydrogens (tertiary/aromatic N) is 2. The predicted molar refractivity (Wildman–Crippen MR) is 98.0 cm³/mol. The summed E-state index contributed by atoms with van der Waals surface area (Å²) in [6.07, 6.45) is 4.85. The van der Waals surface area contributed by atoms with Crippen LogP contribution >= 0.6 is 11.6 Å². The van der Waals surface area contributed by atoms with Gasteiger partial charge in [-0.25, -0.2) is 9.48 Å². The normalized spacial score (nSPS) is 16.8. The Bertz CT molecular complexity index is 698. The number of urea groups is 1. The van der Waals surface area contributed by atoms with Crippen LogP contribution in [0, 0.1) is 5.92 Å². The molecule has 1 fully saturated rings. The Hall–Kier alpha value is -2.05. The first-order chi connectivity index (χ1) is 12.2. The molecular weight excluding hydrogens is 340 g/mol. The number of hydrogen-bond acceptors (Lipinski definition) is 3. The fraction of sp³-hybridized carbons (Fsp3) is 0.444. The molecule has 25 heavy (non-hydrogen) atoms. The SMILES string of the molecule is O=C(NCCC[C@@H]1CCOC1)Nc1ccnn1Cc1cccc(Cl)c1. The van der Waals surface area contributed by atoms with Crippen molar-refractivity contribution in [2.75, 3.05) is 25.1 Å². The monoisotopic (exact) mass is 362 g/mol. The number of rotatable bonds is 7. The first kappa shape index (κ1) is 17.8. The summed E-state index contributed by atoms with van der Waals surface area (Å²) >= 11 is 6.01. The highest BCUT2D eigenvalue weighted by atomic mass is 35.5. The van der Waals surface area contributed by atoms with Crippen molar-refractivity contribution < 1.29 is 9.53 Å². The van der Waals surface area contributed by atoms with Gasteiger partial charge in [-0.15, -0.1) is 0 Å². The molecule has 1 atom stereocenters. The third-order valence-corrected chi connectivity index (χ3v) is 4.51. The molecule has 0 unspecified atom stereocenters. The Labute approximate surface area is 152 Å². The van der Waals surface area contributed by atoms with Crippen LogP contribution in [0.5, 0.6) is 0 Å². The Morgan fingerprint density at radius 2 is 2.32 bits per heavy atom. The number of carbonyl (C=O) groups excluding carboxylic acids is 1. The van der Waals surface area contributed by atoms with Crippen molar-refractivity contribution in [3.8, 4) is 0 Å². The first-order valence-electron chi connectivity index (χ1n) is 8.59. The lowest BCUT2D eigenvalue weighted by Crippen LogP contribution is -2.30. The van der Waals surface area contributed by atoms with Crippen LogP contribution in [0.1, 0.15) is 24.8 Å². The van der Waals surface area contributed by atoms with Crippen LogP contribution in [0.15, 0.2) is 36.5 Å². The van der Waals surface area contributed by atoms with Crippen LogP contribution in [-0.4, -0.2) is 35.6 Å². The highest BCUT2D eigenvalue weighted by Crippen LogP contribution is 2.17. The van der Waals surface area contributed by atoms with Crippen molar-refractivity contribution in [2.24, 2.45) is 5.92 Å². The lowest BCUT2D eigenvalue weighted by molar-refractivity contribution is 0.184. The van der Waals surface area contributed by atoms with E-state index in [9.17, 15) is 4.79 Å². The molecule has 1 aromatic heterocycles. The maximum absolute atomic E-state index is 12.1.